The van der Waals surface area contributed by atoms with Crippen molar-refractivity contribution in [3.05, 3.63) is 34.3 Å². The highest BCUT2D eigenvalue weighted by Crippen LogP contribution is 2.20. The van der Waals surface area contributed by atoms with Crippen molar-refractivity contribution in [1.82, 2.24) is 10.2 Å². The zero-order valence-electron chi connectivity index (χ0n) is 13.3. The first-order chi connectivity index (χ1) is 9.58. The third kappa shape index (κ3) is 5.94. The molecule has 0 amide bonds. The number of benzene rings is 1. The van der Waals surface area contributed by atoms with E-state index in [1.165, 1.54) is 12.0 Å². The van der Waals surface area contributed by atoms with Crippen molar-refractivity contribution in [2.75, 3.05) is 19.6 Å². The quantitative estimate of drug-likeness (QED) is 0.706. The van der Waals surface area contributed by atoms with Crippen LogP contribution in [0.25, 0.3) is 0 Å². The fourth-order valence-corrected chi connectivity index (χ4v) is 2.74. The van der Waals surface area contributed by atoms with Gasteiger partial charge in [0.25, 0.3) is 0 Å². The summed E-state index contributed by atoms with van der Waals surface area (Å²) >= 11 is 3.51. The first-order valence-electron chi connectivity index (χ1n) is 7.81. The standard InChI is InChI=1S/C17H29BrN2/c1-5-12-19-17(11-13-20(6-2)14(3)4)15-7-9-16(18)10-8-15/h7-10,14,17,19H,5-6,11-13H2,1-4H3. The van der Waals surface area contributed by atoms with Crippen LogP contribution in [0.1, 0.15) is 52.1 Å². The second-order valence-electron chi connectivity index (χ2n) is 5.57. The fourth-order valence-electron chi connectivity index (χ4n) is 2.48. The van der Waals surface area contributed by atoms with Gasteiger partial charge in [0.15, 0.2) is 0 Å². The molecule has 20 heavy (non-hydrogen) atoms. The van der Waals surface area contributed by atoms with Crippen LogP contribution < -0.4 is 5.32 Å². The maximum absolute atomic E-state index is 3.68. The lowest BCUT2D eigenvalue weighted by molar-refractivity contribution is 0.220. The van der Waals surface area contributed by atoms with Crippen LogP contribution in [-0.4, -0.2) is 30.6 Å². The summed E-state index contributed by atoms with van der Waals surface area (Å²) in [5.41, 5.74) is 1.39. The molecule has 1 aromatic carbocycles. The Labute approximate surface area is 133 Å². The predicted molar refractivity (Wildman–Crippen MR) is 92.2 cm³/mol. The van der Waals surface area contributed by atoms with Crippen LogP contribution in [0, 0.1) is 0 Å². The summed E-state index contributed by atoms with van der Waals surface area (Å²) < 4.78 is 1.15. The molecular weight excluding hydrogens is 312 g/mol. The lowest BCUT2D eigenvalue weighted by Crippen LogP contribution is -2.34. The molecule has 1 aromatic rings. The van der Waals surface area contributed by atoms with Crippen LogP contribution in [0.15, 0.2) is 28.7 Å². The van der Waals surface area contributed by atoms with Gasteiger partial charge in [0, 0.05) is 23.1 Å². The maximum Gasteiger partial charge on any atom is 0.0332 e. The lowest BCUT2D eigenvalue weighted by atomic mass is 10.0. The number of nitrogens with one attached hydrogen (secondary N) is 1. The molecule has 2 nitrogen and oxygen atoms in total. The molecule has 0 aliphatic heterocycles. The van der Waals surface area contributed by atoms with Gasteiger partial charge in [-0.1, -0.05) is 41.9 Å². The summed E-state index contributed by atoms with van der Waals surface area (Å²) in [4.78, 5) is 2.53. The summed E-state index contributed by atoms with van der Waals surface area (Å²) in [5.74, 6) is 0. The lowest BCUT2D eigenvalue weighted by Gasteiger charge is -2.28. The molecule has 0 spiro atoms. The summed E-state index contributed by atoms with van der Waals surface area (Å²) in [6.07, 6.45) is 2.34. The first kappa shape index (κ1) is 17.7. The molecule has 114 valence electrons. The fraction of sp³-hybridized carbons (Fsp3) is 0.647. The highest BCUT2D eigenvalue weighted by atomic mass is 79.9. The predicted octanol–water partition coefficient (Wildman–Crippen LogP) is 4.61. The molecule has 0 fully saturated rings. The number of nitrogens with zero attached hydrogens (tertiary/aromatic N) is 1. The van der Waals surface area contributed by atoms with Crippen LogP contribution in [0.4, 0.5) is 0 Å². The molecule has 1 unspecified atom stereocenters. The van der Waals surface area contributed by atoms with Crippen molar-refractivity contribution in [2.24, 2.45) is 0 Å². The van der Waals surface area contributed by atoms with E-state index >= 15 is 0 Å². The molecule has 0 aromatic heterocycles. The SMILES string of the molecule is CCCNC(CCN(CC)C(C)C)c1ccc(Br)cc1. The summed E-state index contributed by atoms with van der Waals surface area (Å²) in [6.45, 7) is 12.4. The normalized spacial score (nSPS) is 13.2. The van der Waals surface area contributed by atoms with E-state index in [2.05, 4.69) is 78.1 Å². The second-order valence-corrected chi connectivity index (χ2v) is 6.48. The van der Waals surface area contributed by atoms with E-state index in [1.807, 2.05) is 0 Å². The van der Waals surface area contributed by atoms with Crippen LogP contribution in [0.3, 0.4) is 0 Å². The maximum atomic E-state index is 3.68. The molecule has 1 rings (SSSR count). The van der Waals surface area contributed by atoms with Crippen LogP contribution in [0.5, 0.6) is 0 Å². The van der Waals surface area contributed by atoms with Gasteiger partial charge >= 0.3 is 0 Å². The Balaban J connectivity index is 2.66. The Morgan fingerprint density at radius 2 is 1.80 bits per heavy atom. The molecule has 3 heteroatoms. The molecular formula is C17H29BrN2. The number of hydrogen-bond donors (Lipinski definition) is 1. The van der Waals surface area contributed by atoms with Gasteiger partial charge in [-0.15, -0.1) is 0 Å². The van der Waals surface area contributed by atoms with E-state index in [1.54, 1.807) is 0 Å². The molecule has 0 radical (unpaired) electrons. The van der Waals surface area contributed by atoms with Crippen LogP contribution >= 0.6 is 15.9 Å². The van der Waals surface area contributed by atoms with E-state index in [-0.39, 0.29) is 0 Å². The number of rotatable bonds is 9. The summed E-state index contributed by atoms with van der Waals surface area (Å²) in [6, 6.07) is 9.80. The minimum absolute atomic E-state index is 0.454. The largest absolute Gasteiger partial charge is 0.310 e. The van der Waals surface area contributed by atoms with E-state index < -0.39 is 0 Å². The van der Waals surface area contributed by atoms with Crippen molar-refractivity contribution in [2.45, 2.75) is 52.6 Å². The zero-order valence-corrected chi connectivity index (χ0v) is 14.9. The molecule has 1 atom stereocenters. The van der Waals surface area contributed by atoms with Gasteiger partial charge in [-0.05, 0) is 57.5 Å². The molecule has 0 saturated heterocycles. The minimum atomic E-state index is 0.454. The van der Waals surface area contributed by atoms with Crippen molar-refractivity contribution in [3.8, 4) is 0 Å². The molecule has 1 N–H and O–H groups in total. The van der Waals surface area contributed by atoms with E-state index in [4.69, 9.17) is 0 Å². The zero-order chi connectivity index (χ0) is 15.0. The molecule has 0 saturated carbocycles. The Kier molecular flexibility index (Phi) is 8.43. The van der Waals surface area contributed by atoms with Gasteiger partial charge in [0.05, 0.1) is 0 Å². The minimum Gasteiger partial charge on any atom is -0.310 e. The van der Waals surface area contributed by atoms with E-state index in [0.29, 0.717) is 12.1 Å². The molecule has 0 bridgehead atoms. The van der Waals surface area contributed by atoms with Gasteiger partial charge in [-0.25, -0.2) is 0 Å². The Hall–Kier alpha value is -0.380. The molecule has 0 aliphatic carbocycles. The Morgan fingerprint density at radius 3 is 2.30 bits per heavy atom. The van der Waals surface area contributed by atoms with Crippen LogP contribution in [0.2, 0.25) is 0 Å². The van der Waals surface area contributed by atoms with Gasteiger partial charge in [-0.2, -0.15) is 0 Å². The van der Waals surface area contributed by atoms with Crippen LogP contribution in [-0.2, 0) is 0 Å². The van der Waals surface area contributed by atoms with Crippen molar-refractivity contribution in [3.63, 3.8) is 0 Å². The Bertz CT molecular complexity index is 362. The average molecular weight is 341 g/mol. The number of hydrogen-bond acceptors (Lipinski definition) is 2. The topological polar surface area (TPSA) is 15.3 Å². The monoisotopic (exact) mass is 340 g/mol. The third-order valence-electron chi connectivity index (χ3n) is 3.75. The van der Waals surface area contributed by atoms with Gasteiger partial charge in [0.1, 0.15) is 0 Å². The van der Waals surface area contributed by atoms with Gasteiger partial charge < -0.3 is 10.2 Å². The summed E-state index contributed by atoms with van der Waals surface area (Å²) in [5, 5.41) is 3.68. The third-order valence-corrected chi connectivity index (χ3v) is 4.28. The van der Waals surface area contributed by atoms with Gasteiger partial charge in [0.2, 0.25) is 0 Å². The second kappa shape index (κ2) is 9.54. The smallest absolute Gasteiger partial charge is 0.0332 e. The highest BCUT2D eigenvalue weighted by molar-refractivity contribution is 9.10. The average Bonchev–Trinajstić information content (AvgIpc) is 2.43. The summed E-state index contributed by atoms with van der Waals surface area (Å²) in [7, 11) is 0. The van der Waals surface area contributed by atoms with Crippen molar-refractivity contribution < 1.29 is 0 Å². The van der Waals surface area contributed by atoms with Crippen molar-refractivity contribution >= 4 is 15.9 Å². The van der Waals surface area contributed by atoms with E-state index in [0.717, 1.165) is 30.5 Å². The molecule has 0 heterocycles. The highest BCUT2D eigenvalue weighted by Gasteiger charge is 2.14. The Morgan fingerprint density at radius 1 is 1.15 bits per heavy atom. The number of halogens is 1. The van der Waals surface area contributed by atoms with E-state index in [9.17, 15) is 0 Å². The van der Waals surface area contributed by atoms with Crippen molar-refractivity contribution in [1.29, 1.82) is 0 Å². The molecule has 0 aliphatic rings. The van der Waals surface area contributed by atoms with Gasteiger partial charge in [-0.3, -0.25) is 0 Å². The first-order valence-corrected chi connectivity index (χ1v) is 8.60.